The normalized spacial score (nSPS) is 33.3. The lowest BCUT2D eigenvalue weighted by Crippen LogP contribution is -2.39. The smallest absolute Gasteiger partial charge is 0.324 e. The van der Waals surface area contributed by atoms with E-state index in [1.54, 1.807) is 0 Å². The summed E-state index contributed by atoms with van der Waals surface area (Å²) in [6.07, 6.45) is 0. The number of fused-ring (bicyclic) bond motifs is 1. The van der Waals surface area contributed by atoms with Gasteiger partial charge >= 0.3 is 6.03 Å². The van der Waals surface area contributed by atoms with Gasteiger partial charge in [0.05, 0.1) is 6.54 Å². The number of nitrogens with one attached hydrogen (secondary N) is 2. The van der Waals surface area contributed by atoms with Crippen molar-refractivity contribution in [3.63, 3.8) is 0 Å². The van der Waals surface area contributed by atoms with Gasteiger partial charge in [-0.3, -0.25) is 9.69 Å². The van der Waals surface area contributed by atoms with Gasteiger partial charge in [0.25, 0.3) is 0 Å². The number of imide groups is 1. The standard InChI is InChI=1S/C11H18N4O2/c16-10-5-13-11(17)15(10)2-1-14-6-8-3-12-4-9(8)7-14/h8-9,12H,1-7H2,(H,13,17)/t8-,9+. The SMILES string of the molecule is O=C1CNC(=O)N1CCN1C[C@H]2CNC[C@H]2C1. The summed E-state index contributed by atoms with van der Waals surface area (Å²) in [5.74, 6) is 1.42. The first-order valence-electron chi connectivity index (χ1n) is 6.25. The third-order valence-electron chi connectivity index (χ3n) is 4.04. The molecule has 6 heteroatoms. The van der Waals surface area contributed by atoms with E-state index in [0.29, 0.717) is 6.54 Å². The quantitative estimate of drug-likeness (QED) is 0.599. The minimum absolute atomic E-state index is 0.101. The number of rotatable bonds is 3. The zero-order chi connectivity index (χ0) is 11.8. The van der Waals surface area contributed by atoms with Gasteiger partial charge in [-0.1, -0.05) is 0 Å². The highest BCUT2D eigenvalue weighted by Crippen LogP contribution is 2.25. The second kappa shape index (κ2) is 4.27. The lowest BCUT2D eigenvalue weighted by atomic mass is 10.0. The van der Waals surface area contributed by atoms with Crippen LogP contribution in [0.3, 0.4) is 0 Å². The van der Waals surface area contributed by atoms with Gasteiger partial charge in [-0.05, 0) is 24.9 Å². The molecule has 0 unspecified atom stereocenters. The van der Waals surface area contributed by atoms with Crippen molar-refractivity contribution < 1.29 is 9.59 Å². The lowest BCUT2D eigenvalue weighted by Gasteiger charge is -2.20. The summed E-state index contributed by atoms with van der Waals surface area (Å²) < 4.78 is 0. The van der Waals surface area contributed by atoms with Crippen LogP contribution in [0.1, 0.15) is 0 Å². The zero-order valence-electron chi connectivity index (χ0n) is 9.82. The van der Waals surface area contributed by atoms with Crippen molar-refractivity contribution in [3.05, 3.63) is 0 Å². The van der Waals surface area contributed by atoms with Gasteiger partial charge in [-0.2, -0.15) is 0 Å². The molecule has 3 fully saturated rings. The van der Waals surface area contributed by atoms with Crippen molar-refractivity contribution in [2.24, 2.45) is 11.8 Å². The summed E-state index contributed by atoms with van der Waals surface area (Å²) in [5, 5.41) is 5.94. The van der Waals surface area contributed by atoms with Crippen LogP contribution in [0, 0.1) is 11.8 Å². The van der Waals surface area contributed by atoms with E-state index >= 15 is 0 Å². The number of urea groups is 1. The third-order valence-corrected chi connectivity index (χ3v) is 4.04. The van der Waals surface area contributed by atoms with Crippen molar-refractivity contribution in [1.29, 1.82) is 0 Å². The van der Waals surface area contributed by atoms with Gasteiger partial charge in [-0.25, -0.2) is 4.79 Å². The van der Waals surface area contributed by atoms with Gasteiger partial charge in [-0.15, -0.1) is 0 Å². The topological polar surface area (TPSA) is 64.7 Å². The Labute approximate surface area is 100 Å². The van der Waals surface area contributed by atoms with E-state index in [1.165, 1.54) is 4.90 Å². The summed E-state index contributed by atoms with van der Waals surface area (Å²) in [4.78, 5) is 26.4. The molecule has 0 aromatic rings. The Balaban J connectivity index is 1.49. The van der Waals surface area contributed by atoms with Crippen LogP contribution in [-0.4, -0.2) is 67.6 Å². The van der Waals surface area contributed by atoms with E-state index in [2.05, 4.69) is 15.5 Å². The number of amides is 3. The Hall–Kier alpha value is -1.14. The highest BCUT2D eigenvalue weighted by atomic mass is 16.2. The van der Waals surface area contributed by atoms with Gasteiger partial charge in [0, 0.05) is 26.2 Å². The zero-order valence-corrected chi connectivity index (χ0v) is 9.82. The average molecular weight is 238 g/mol. The number of hydrogen-bond donors (Lipinski definition) is 2. The van der Waals surface area contributed by atoms with E-state index in [9.17, 15) is 9.59 Å². The van der Waals surface area contributed by atoms with Crippen LogP contribution in [-0.2, 0) is 4.79 Å². The molecule has 3 aliphatic heterocycles. The van der Waals surface area contributed by atoms with Crippen LogP contribution in [0.15, 0.2) is 0 Å². The fourth-order valence-electron chi connectivity index (χ4n) is 3.06. The number of hydrogen-bond acceptors (Lipinski definition) is 4. The molecule has 0 aromatic heterocycles. The molecular formula is C11H18N4O2. The molecule has 3 aliphatic rings. The molecule has 6 nitrogen and oxygen atoms in total. The second-order valence-electron chi connectivity index (χ2n) is 5.14. The maximum absolute atomic E-state index is 11.4. The van der Waals surface area contributed by atoms with Crippen LogP contribution >= 0.6 is 0 Å². The minimum Gasteiger partial charge on any atom is -0.329 e. The van der Waals surface area contributed by atoms with Gasteiger partial charge in [0.1, 0.15) is 0 Å². The molecule has 3 rings (SSSR count). The molecule has 0 spiro atoms. The van der Waals surface area contributed by atoms with Gasteiger partial charge in [0.15, 0.2) is 0 Å². The maximum atomic E-state index is 11.4. The van der Waals surface area contributed by atoms with E-state index in [-0.39, 0.29) is 18.5 Å². The molecule has 0 aromatic carbocycles. The average Bonchev–Trinajstić information content (AvgIpc) is 2.92. The van der Waals surface area contributed by atoms with Crippen LogP contribution < -0.4 is 10.6 Å². The molecular weight excluding hydrogens is 220 g/mol. The number of carbonyl (C=O) groups excluding carboxylic acids is 2. The Morgan fingerprint density at radius 3 is 2.41 bits per heavy atom. The second-order valence-corrected chi connectivity index (χ2v) is 5.14. The lowest BCUT2D eigenvalue weighted by molar-refractivity contribution is -0.125. The van der Waals surface area contributed by atoms with Crippen LogP contribution in [0.4, 0.5) is 4.79 Å². The summed E-state index contributed by atoms with van der Waals surface area (Å²) in [7, 11) is 0. The Kier molecular flexibility index (Phi) is 2.76. The van der Waals surface area contributed by atoms with E-state index in [4.69, 9.17) is 0 Å². The summed E-state index contributed by atoms with van der Waals surface area (Å²) in [6, 6.07) is -0.240. The third kappa shape index (κ3) is 2.02. The van der Waals surface area contributed by atoms with Crippen molar-refractivity contribution in [1.82, 2.24) is 20.4 Å². The van der Waals surface area contributed by atoms with Gasteiger partial charge in [0.2, 0.25) is 5.91 Å². The monoisotopic (exact) mass is 238 g/mol. The molecule has 2 atom stereocenters. The fraction of sp³-hybridized carbons (Fsp3) is 0.818. The van der Waals surface area contributed by atoms with Gasteiger partial charge < -0.3 is 15.5 Å². The van der Waals surface area contributed by atoms with Crippen LogP contribution in [0.5, 0.6) is 0 Å². The molecule has 0 aliphatic carbocycles. The first-order chi connectivity index (χ1) is 8.24. The van der Waals surface area contributed by atoms with Crippen LogP contribution in [0.25, 0.3) is 0 Å². The maximum Gasteiger partial charge on any atom is 0.324 e. The van der Waals surface area contributed by atoms with E-state index < -0.39 is 0 Å². The Morgan fingerprint density at radius 1 is 1.12 bits per heavy atom. The van der Waals surface area contributed by atoms with Crippen LogP contribution in [0.2, 0.25) is 0 Å². The number of nitrogens with zero attached hydrogens (tertiary/aromatic N) is 2. The molecule has 94 valence electrons. The summed E-state index contributed by atoms with van der Waals surface area (Å²) >= 11 is 0. The number of likely N-dealkylation sites (tertiary alicyclic amines) is 1. The van der Waals surface area contributed by atoms with Crippen molar-refractivity contribution in [3.8, 4) is 0 Å². The largest absolute Gasteiger partial charge is 0.329 e. The molecule has 3 saturated heterocycles. The minimum atomic E-state index is -0.240. The molecule has 17 heavy (non-hydrogen) atoms. The predicted octanol–water partition coefficient (Wildman–Crippen LogP) is -1.31. The molecule has 3 heterocycles. The van der Waals surface area contributed by atoms with Crippen molar-refractivity contribution in [2.45, 2.75) is 0 Å². The van der Waals surface area contributed by atoms with Crippen molar-refractivity contribution >= 4 is 11.9 Å². The highest BCUT2D eigenvalue weighted by molar-refractivity contribution is 6.01. The molecule has 0 radical (unpaired) electrons. The van der Waals surface area contributed by atoms with E-state index in [0.717, 1.165) is 44.6 Å². The molecule has 0 bridgehead atoms. The summed E-state index contributed by atoms with van der Waals surface area (Å²) in [5.41, 5.74) is 0. The Bertz CT molecular complexity index is 318. The first-order valence-corrected chi connectivity index (χ1v) is 6.25. The van der Waals surface area contributed by atoms with Crippen molar-refractivity contribution in [2.75, 3.05) is 45.8 Å². The van der Waals surface area contributed by atoms with E-state index in [1.807, 2.05) is 0 Å². The molecule has 3 amide bonds. The first kappa shape index (κ1) is 11.0. The highest BCUT2D eigenvalue weighted by Gasteiger charge is 2.36. The summed E-state index contributed by atoms with van der Waals surface area (Å²) in [6.45, 7) is 5.93. The molecule has 0 saturated carbocycles. The predicted molar refractivity (Wildman–Crippen MR) is 61.4 cm³/mol. The fourth-order valence-corrected chi connectivity index (χ4v) is 3.06. The number of carbonyl (C=O) groups is 2. The Morgan fingerprint density at radius 2 is 1.82 bits per heavy atom. The molecule has 2 N–H and O–H groups in total.